The van der Waals surface area contributed by atoms with Crippen molar-refractivity contribution in [3.8, 4) is 17.4 Å². The molecule has 3 heterocycles. The Morgan fingerprint density at radius 2 is 1.85 bits per heavy atom. The van der Waals surface area contributed by atoms with Gasteiger partial charge in [-0.1, -0.05) is 11.3 Å². The molecule has 1 aliphatic rings. The molecular weight excluding hydrogens is 356 g/mol. The molecule has 1 atom stereocenters. The van der Waals surface area contributed by atoms with Gasteiger partial charge in [0.05, 0.1) is 38.4 Å². The van der Waals surface area contributed by atoms with Gasteiger partial charge in [-0.05, 0) is 17.7 Å². The van der Waals surface area contributed by atoms with Crippen LogP contribution in [0.3, 0.4) is 0 Å². The number of methoxy groups -OCH3 is 2. The van der Waals surface area contributed by atoms with Gasteiger partial charge in [-0.15, -0.1) is 0 Å². The molecule has 1 aromatic carbocycles. The fourth-order valence-electron chi connectivity index (χ4n) is 3.22. The molecule has 26 heavy (non-hydrogen) atoms. The van der Waals surface area contributed by atoms with Crippen LogP contribution in [0.25, 0.3) is 4.96 Å². The Bertz CT molecular complexity index is 881. The second-order valence-electron chi connectivity index (χ2n) is 5.94. The van der Waals surface area contributed by atoms with Gasteiger partial charge in [0.25, 0.3) is 0 Å². The number of thiazole rings is 1. The summed E-state index contributed by atoms with van der Waals surface area (Å²) >= 11 is 1.43. The van der Waals surface area contributed by atoms with Gasteiger partial charge >= 0.3 is 0 Å². The van der Waals surface area contributed by atoms with Crippen molar-refractivity contribution in [1.82, 2.24) is 19.5 Å². The fourth-order valence-corrected chi connectivity index (χ4v) is 4.31. The van der Waals surface area contributed by atoms with Crippen molar-refractivity contribution in [2.75, 3.05) is 40.5 Å². The molecule has 8 nitrogen and oxygen atoms in total. The van der Waals surface area contributed by atoms with E-state index in [2.05, 4.69) is 15.0 Å². The van der Waals surface area contributed by atoms with Crippen molar-refractivity contribution in [2.24, 2.45) is 0 Å². The van der Waals surface area contributed by atoms with Crippen molar-refractivity contribution in [3.63, 3.8) is 0 Å². The highest BCUT2D eigenvalue weighted by Gasteiger charge is 2.31. The second kappa shape index (κ2) is 7.10. The van der Waals surface area contributed by atoms with Crippen LogP contribution < -0.4 is 9.47 Å². The molecule has 0 aliphatic carbocycles. The summed E-state index contributed by atoms with van der Waals surface area (Å²) in [5.41, 5.74) is 0.975. The Morgan fingerprint density at radius 3 is 2.46 bits per heavy atom. The van der Waals surface area contributed by atoms with Crippen LogP contribution >= 0.6 is 11.3 Å². The van der Waals surface area contributed by atoms with Crippen LogP contribution in [0, 0.1) is 0 Å². The highest BCUT2D eigenvalue weighted by Crippen LogP contribution is 2.41. The number of nitrogens with zero attached hydrogens (tertiary/aromatic N) is 4. The standard InChI is InChI=1S/C17H20N4O4S/c1-23-12-7-11(8-13(9-12)24-2)14(20-3-5-25-6-4-20)15-16(22)21-17(26-15)18-10-19-21/h7-10,14,22H,3-6H2,1-2H3/t14-/m0/s1. The van der Waals surface area contributed by atoms with Gasteiger partial charge in [-0.3, -0.25) is 4.90 Å². The van der Waals surface area contributed by atoms with E-state index in [1.807, 2.05) is 18.2 Å². The molecule has 0 spiro atoms. The first kappa shape index (κ1) is 17.1. The number of benzene rings is 1. The van der Waals surface area contributed by atoms with E-state index in [-0.39, 0.29) is 11.9 Å². The van der Waals surface area contributed by atoms with Gasteiger partial charge < -0.3 is 19.3 Å². The highest BCUT2D eigenvalue weighted by atomic mass is 32.1. The highest BCUT2D eigenvalue weighted by molar-refractivity contribution is 7.17. The number of aromatic hydroxyl groups is 1. The molecule has 4 rings (SSSR count). The number of hydrogen-bond acceptors (Lipinski definition) is 8. The van der Waals surface area contributed by atoms with E-state index in [4.69, 9.17) is 14.2 Å². The minimum atomic E-state index is -0.170. The minimum Gasteiger partial charge on any atom is -0.497 e. The zero-order valence-electron chi connectivity index (χ0n) is 14.6. The molecule has 0 bridgehead atoms. The van der Waals surface area contributed by atoms with Crippen LogP contribution in [0.5, 0.6) is 17.4 Å². The molecule has 0 amide bonds. The van der Waals surface area contributed by atoms with Gasteiger partial charge in [-0.2, -0.15) is 9.61 Å². The summed E-state index contributed by atoms with van der Waals surface area (Å²) in [6.07, 6.45) is 1.44. The zero-order valence-corrected chi connectivity index (χ0v) is 15.4. The summed E-state index contributed by atoms with van der Waals surface area (Å²) < 4.78 is 17.8. The van der Waals surface area contributed by atoms with Crippen LogP contribution in [0.4, 0.5) is 0 Å². The summed E-state index contributed by atoms with van der Waals surface area (Å²) in [5, 5.41) is 14.8. The maximum absolute atomic E-state index is 10.7. The third-order valence-electron chi connectivity index (χ3n) is 4.49. The predicted octanol–water partition coefficient (Wildman–Crippen LogP) is 1.94. The molecule has 0 saturated carbocycles. The van der Waals surface area contributed by atoms with E-state index < -0.39 is 0 Å². The van der Waals surface area contributed by atoms with E-state index in [0.29, 0.717) is 29.7 Å². The number of hydrogen-bond donors (Lipinski definition) is 1. The monoisotopic (exact) mass is 376 g/mol. The lowest BCUT2D eigenvalue weighted by atomic mass is 10.0. The van der Waals surface area contributed by atoms with E-state index >= 15 is 0 Å². The molecule has 2 aromatic heterocycles. The molecule has 1 saturated heterocycles. The largest absolute Gasteiger partial charge is 0.497 e. The third kappa shape index (κ3) is 2.98. The molecule has 138 valence electrons. The number of rotatable bonds is 5. The van der Waals surface area contributed by atoms with E-state index in [1.165, 1.54) is 22.2 Å². The van der Waals surface area contributed by atoms with Crippen molar-refractivity contribution in [1.29, 1.82) is 0 Å². The predicted molar refractivity (Wildman–Crippen MR) is 96.3 cm³/mol. The molecule has 1 aliphatic heterocycles. The molecular formula is C17H20N4O4S. The Hall–Kier alpha value is -2.36. The van der Waals surface area contributed by atoms with E-state index in [0.717, 1.165) is 23.5 Å². The van der Waals surface area contributed by atoms with Crippen molar-refractivity contribution in [2.45, 2.75) is 6.04 Å². The summed E-state index contributed by atoms with van der Waals surface area (Å²) in [5.74, 6) is 1.52. The van der Waals surface area contributed by atoms with Crippen LogP contribution in [-0.4, -0.2) is 65.1 Å². The van der Waals surface area contributed by atoms with Crippen molar-refractivity contribution < 1.29 is 19.3 Å². The van der Waals surface area contributed by atoms with Gasteiger partial charge in [0.2, 0.25) is 10.8 Å². The van der Waals surface area contributed by atoms with Gasteiger partial charge in [0, 0.05) is 19.2 Å². The van der Waals surface area contributed by atoms with Crippen molar-refractivity contribution >= 4 is 16.3 Å². The number of ether oxygens (including phenoxy) is 3. The van der Waals surface area contributed by atoms with E-state index in [9.17, 15) is 5.11 Å². The summed E-state index contributed by atoms with van der Waals surface area (Å²) in [6.45, 7) is 2.83. The SMILES string of the molecule is COc1cc(OC)cc([C@@H](c2sc3ncnn3c2O)N2CCOCC2)c1. The number of aromatic nitrogens is 3. The van der Waals surface area contributed by atoms with Crippen LogP contribution in [0.2, 0.25) is 0 Å². The average molecular weight is 376 g/mol. The normalized spacial score (nSPS) is 16.7. The quantitative estimate of drug-likeness (QED) is 0.729. The Balaban J connectivity index is 1.85. The Kier molecular flexibility index (Phi) is 4.66. The molecule has 0 radical (unpaired) electrons. The Labute approximate surface area is 154 Å². The lowest BCUT2D eigenvalue weighted by molar-refractivity contribution is 0.0240. The fraction of sp³-hybridized carbons (Fsp3) is 0.412. The first-order valence-electron chi connectivity index (χ1n) is 8.27. The molecule has 0 unspecified atom stereocenters. The Morgan fingerprint density at radius 1 is 1.15 bits per heavy atom. The lowest BCUT2D eigenvalue weighted by Gasteiger charge is -2.34. The molecule has 3 aromatic rings. The van der Waals surface area contributed by atoms with Crippen molar-refractivity contribution in [3.05, 3.63) is 35.0 Å². The van der Waals surface area contributed by atoms with E-state index in [1.54, 1.807) is 14.2 Å². The average Bonchev–Trinajstić information content (AvgIpc) is 3.26. The molecule has 9 heteroatoms. The molecule has 1 N–H and O–H groups in total. The maximum atomic E-state index is 10.7. The minimum absolute atomic E-state index is 0.112. The first-order valence-corrected chi connectivity index (χ1v) is 9.09. The van der Waals surface area contributed by atoms with Crippen LogP contribution in [0.1, 0.15) is 16.5 Å². The zero-order chi connectivity index (χ0) is 18.1. The third-order valence-corrected chi connectivity index (χ3v) is 5.57. The summed E-state index contributed by atoms with van der Waals surface area (Å²) in [6, 6.07) is 5.61. The second-order valence-corrected chi connectivity index (χ2v) is 6.95. The molecule has 1 fully saturated rings. The first-order chi connectivity index (χ1) is 12.7. The lowest BCUT2D eigenvalue weighted by Crippen LogP contribution is -2.39. The maximum Gasteiger partial charge on any atom is 0.230 e. The number of morpholine rings is 1. The van der Waals surface area contributed by atoms with Gasteiger partial charge in [0.15, 0.2) is 0 Å². The van der Waals surface area contributed by atoms with Gasteiger partial charge in [0.1, 0.15) is 17.8 Å². The van der Waals surface area contributed by atoms with Crippen LogP contribution in [0.15, 0.2) is 24.5 Å². The van der Waals surface area contributed by atoms with Gasteiger partial charge in [-0.25, -0.2) is 4.98 Å². The topological polar surface area (TPSA) is 81.4 Å². The van der Waals surface area contributed by atoms with Crippen LogP contribution in [-0.2, 0) is 4.74 Å². The number of fused-ring (bicyclic) bond motifs is 1. The summed E-state index contributed by atoms with van der Waals surface area (Å²) in [4.78, 5) is 7.93. The summed E-state index contributed by atoms with van der Waals surface area (Å²) in [7, 11) is 3.26. The smallest absolute Gasteiger partial charge is 0.230 e.